The maximum atomic E-state index is 2.44. The van der Waals surface area contributed by atoms with Gasteiger partial charge in [-0.1, -0.05) is 77.1 Å². The lowest BCUT2D eigenvalue weighted by molar-refractivity contribution is 1.23. The van der Waals surface area contributed by atoms with Gasteiger partial charge in [-0.3, -0.25) is 0 Å². The monoisotopic (exact) mass is 316 g/mol. The molecule has 0 radical (unpaired) electrons. The van der Waals surface area contributed by atoms with Crippen LogP contribution in [0.15, 0.2) is 66.7 Å². The Hall–Kier alpha value is -2.12. The van der Waals surface area contributed by atoms with E-state index in [0.717, 1.165) is 0 Å². The molecule has 0 aliphatic rings. The van der Waals surface area contributed by atoms with Crippen molar-refractivity contribution >= 4 is 24.4 Å². The lowest BCUT2D eigenvalue weighted by Crippen LogP contribution is -2.53. The first kappa shape index (κ1) is 15.8. The lowest BCUT2D eigenvalue weighted by Gasteiger charge is -2.22. The number of aryl methyl sites for hydroxylation is 1. The van der Waals surface area contributed by atoms with Gasteiger partial charge in [0.2, 0.25) is 0 Å². The molecule has 0 unspecified atom stereocenters. The molecule has 0 atom stereocenters. The molecule has 0 amide bonds. The maximum absolute atomic E-state index is 2.44. The molecule has 0 N–H and O–H groups in total. The first-order valence-corrected chi connectivity index (χ1v) is 10.00. The Morgan fingerprint density at radius 3 is 1.52 bits per heavy atom. The second kappa shape index (κ2) is 6.55. The Morgan fingerprint density at radius 1 is 0.565 bits per heavy atom. The van der Waals surface area contributed by atoms with E-state index in [1.54, 1.807) is 5.19 Å². The smallest absolute Gasteiger partial charge is 0.0625 e. The molecule has 0 aromatic heterocycles. The van der Waals surface area contributed by atoms with Crippen LogP contribution in [0.1, 0.15) is 22.3 Å². The SMILES string of the molecule is Cc1cc([SiH](c2ccccc2)c2ccccc2)c(C)c(C)c1C. The van der Waals surface area contributed by atoms with Gasteiger partial charge in [0.25, 0.3) is 0 Å². The van der Waals surface area contributed by atoms with Gasteiger partial charge in [-0.05, 0) is 55.1 Å². The van der Waals surface area contributed by atoms with Gasteiger partial charge in [-0.2, -0.15) is 0 Å². The van der Waals surface area contributed by atoms with Gasteiger partial charge in [0, 0.05) is 0 Å². The molecule has 3 aromatic rings. The summed E-state index contributed by atoms with van der Waals surface area (Å²) in [6.45, 7) is 9.04. The molecule has 0 aliphatic carbocycles. The molecule has 0 saturated carbocycles. The normalized spacial score (nSPS) is 11.0. The molecule has 116 valence electrons. The van der Waals surface area contributed by atoms with Gasteiger partial charge in [0.15, 0.2) is 0 Å². The van der Waals surface area contributed by atoms with Gasteiger partial charge < -0.3 is 0 Å². The predicted molar refractivity (Wildman–Crippen MR) is 104 cm³/mol. The van der Waals surface area contributed by atoms with Crippen molar-refractivity contribution in [1.82, 2.24) is 0 Å². The fourth-order valence-corrected chi connectivity index (χ4v) is 6.77. The average molecular weight is 317 g/mol. The van der Waals surface area contributed by atoms with Crippen LogP contribution in [0.25, 0.3) is 0 Å². The molecule has 0 fully saturated rings. The third kappa shape index (κ3) is 3.02. The van der Waals surface area contributed by atoms with Gasteiger partial charge in [0.1, 0.15) is 8.80 Å². The van der Waals surface area contributed by atoms with E-state index < -0.39 is 8.80 Å². The Labute approximate surface area is 141 Å². The minimum atomic E-state index is -1.42. The third-order valence-electron chi connectivity index (χ3n) is 5.10. The Morgan fingerprint density at radius 2 is 1.04 bits per heavy atom. The first-order chi connectivity index (χ1) is 11.1. The molecule has 0 bridgehead atoms. The zero-order valence-electron chi connectivity index (χ0n) is 14.4. The summed E-state index contributed by atoms with van der Waals surface area (Å²) in [5.41, 5.74) is 5.76. The van der Waals surface area contributed by atoms with E-state index in [0.29, 0.717) is 0 Å². The fourth-order valence-electron chi connectivity index (χ4n) is 3.39. The minimum absolute atomic E-state index is 1.41. The molecule has 0 heterocycles. The molecule has 0 aliphatic heterocycles. The first-order valence-electron chi connectivity index (χ1n) is 8.26. The summed E-state index contributed by atoms with van der Waals surface area (Å²) in [6.07, 6.45) is 0. The highest BCUT2D eigenvalue weighted by Gasteiger charge is 2.22. The second-order valence-corrected chi connectivity index (χ2v) is 9.23. The van der Waals surface area contributed by atoms with E-state index in [2.05, 4.69) is 94.4 Å². The van der Waals surface area contributed by atoms with E-state index in [1.807, 2.05) is 0 Å². The fraction of sp³-hybridized carbons (Fsp3) is 0.182. The summed E-state index contributed by atoms with van der Waals surface area (Å²) >= 11 is 0. The van der Waals surface area contributed by atoms with Crippen molar-refractivity contribution in [1.29, 1.82) is 0 Å². The maximum Gasteiger partial charge on any atom is 0.133 e. The summed E-state index contributed by atoms with van der Waals surface area (Å²) in [4.78, 5) is 0. The molecule has 3 aromatic carbocycles. The average Bonchev–Trinajstić information content (AvgIpc) is 2.60. The van der Waals surface area contributed by atoms with Crippen LogP contribution < -0.4 is 15.6 Å². The lowest BCUT2D eigenvalue weighted by atomic mass is 10.00. The van der Waals surface area contributed by atoms with E-state index in [9.17, 15) is 0 Å². The largest absolute Gasteiger partial charge is 0.133 e. The predicted octanol–water partition coefficient (Wildman–Crippen LogP) is 3.17. The highest BCUT2D eigenvalue weighted by molar-refractivity contribution is 6.95. The van der Waals surface area contributed by atoms with Crippen LogP contribution in [-0.2, 0) is 0 Å². The topological polar surface area (TPSA) is 0 Å². The number of hydrogen-bond donors (Lipinski definition) is 0. The number of benzene rings is 3. The van der Waals surface area contributed by atoms with E-state index >= 15 is 0 Å². The zero-order valence-corrected chi connectivity index (χ0v) is 15.6. The minimum Gasteiger partial charge on any atom is -0.0625 e. The zero-order chi connectivity index (χ0) is 16.4. The van der Waals surface area contributed by atoms with Crippen LogP contribution in [-0.4, -0.2) is 8.80 Å². The molecule has 1 heteroatoms. The highest BCUT2D eigenvalue weighted by Crippen LogP contribution is 2.15. The third-order valence-corrected chi connectivity index (χ3v) is 8.42. The van der Waals surface area contributed by atoms with E-state index in [4.69, 9.17) is 0 Å². The van der Waals surface area contributed by atoms with Crippen molar-refractivity contribution in [2.75, 3.05) is 0 Å². The van der Waals surface area contributed by atoms with Crippen molar-refractivity contribution < 1.29 is 0 Å². The van der Waals surface area contributed by atoms with Gasteiger partial charge in [0.05, 0.1) is 0 Å². The summed E-state index contributed by atoms with van der Waals surface area (Å²) in [7, 11) is -1.42. The number of hydrogen-bond acceptors (Lipinski definition) is 0. The van der Waals surface area contributed by atoms with Crippen molar-refractivity contribution in [3.8, 4) is 0 Å². The molecular formula is C22H24Si. The van der Waals surface area contributed by atoms with Gasteiger partial charge >= 0.3 is 0 Å². The van der Waals surface area contributed by atoms with Crippen LogP contribution in [0, 0.1) is 27.7 Å². The van der Waals surface area contributed by atoms with Crippen LogP contribution in [0.2, 0.25) is 0 Å². The van der Waals surface area contributed by atoms with Crippen LogP contribution >= 0.6 is 0 Å². The molecular weight excluding hydrogens is 292 g/mol. The molecule has 0 nitrogen and oxygen atoms in total. The van der Waals surface area contributed by atoms with Crippen molar-refractivity contribution in [2.24, 2.45) is 0 Å². The summed E-state index contributed by atoms with van der Waals surface area (Å²) in [6, 6.07) is 24.5. The quantitative estimate of drug-likeness (QED) is 0.514. The highest BCUT2D eigenvalue weighted by atomic mass is 28.3. The van der Waals surface area contributed by atoms with Crippen molar-refractivity contribution in [3.63, 3.8) is 0 Å². The summed E-state index contributed by atoms with van der Waals surface area (Å²) in [5, 5.41) is 4.54. The summed E-state index contributed by atoms with van der Waals surface area (Å²) < 4.78 is 0. The van der Waals surface area contributed by atoms with E-state index in [-0.39, 0.29) is 0 Å². The van der Waals surface area contributed by atoms with Gasteiger partial charge in [-0.25, -0.2) is 0 Å². The van der Waals surface area contributed by atoms with Crippen LogP contribution in [0.3, 0.4) is 0 Å². The summed E-state index contributed by atoms with van der Waals surface area (Å²) in [5.74, 6) is 0. The number of rotatable bonds is 3. The molecule has 23 heavy (non-hydrogen) atoms. The van der Waals surface area contributed by atoms with Crippen LogP contribution in [0.5, 0.6) is 0 Å². The molecule has 3 rings (SSSR count). The van der Waals surface area contributed by atoms with Gasteiger partial charge in [-0.15, -0.1) is 0 Å². The molecule has 0 spiro atoms. The Balaban J connectivity index is 2.26. The molecule has 0 saturated heterocycles. The van der Waals surface area contributed by atoms with Crippen molar-refractivity contribution in [3.05, 3.63) is 89.0 Å². The second-order valence-electron chi connectivity index (χ2n) is 6.41. The Kier molecular flexibility index (Phi) is 4.49. The standard InChI is InChI=1S/C22H24Si/c1-16-15-22(19(4)18(3)17(16)2)23(20-11-7-5-8-12-20)21-13-9-6-10-14-21/h5-15,23H,1-4H3. The van der Waals surface area contributed by atoms with Crippen molar-refractivity contribution in [2.45, 2.75) is 27.7 Å². The Bertz CT molecular complexity index is 765. The van der Waals surface area contributed by atoms with Crippen LogP contribution in [0.4, 0.5) is 0 Å². The van der Waals surface area contributed by atoms with E-state index in [1.165, 1.54) is 32.6 Å².